The summed E-state index contributed by atoms with van der Waals surface area (Å²) in [4.78, 5) is 28.4. The van der Waals surface area contributed by atoms with Crippen LogP contribution in [0.3, 0.4) is 0 Å². The average Bonchev–Trinajstić information content (AvgIpc) is 3.16. The van der Waals surface area contributed by atoms with Gasteiger partial charge < -0.3 is 24.6 Å². The largest absolute Gasteiger partial charge is 0.465 e. The predicted octanol–water partition coefficient (Wildman–Crippen LogP) is 2.15. The van der Waals surface area contributed by atoms with E-state index in [0.29, 0.717) is 49.8 Å². The molecule has 2 heterocycles. The Bertz CT molecular complexity index is 781. The van der Waals surface area contributed by atoms with Crippen LogP contribution in [0.5, 0.6) is 0 Å². The lowest BCUT2D eigenvalue weighted by Gasteiger charge is -2.29. The third kappa shape index (κ3) is 4.82. The maximum Gasteiger partial charge on any atom is 0.407 e. The average molecular weight is 374 g/mol. The second kappa shape index (κ2) is 8.63. The highest BCUT2D eigenvalue weighted by molar-refractivity contribution is 5.94. The summed E-state index contributed by atoms with van der Waals surface area (Å²) in [6, 6.07) is 6.92. The lowest BCUT2D eigenvalue weighted by molar-refractivity contribution is -0.00295. The molecule has 1 aliphatic heterocycles. The molecule has 0 spiro atoms. The molecule has 2 aromatic rings. The fourth-order valence-corrected chi connectivity index (χ4v) is 2.86. The zero-order chi connectivity index (χ0) is 19.2. The molecule has 9 heteroatoms. The van der Waals surface area contributed by atoms with Crippen LogP contribution in [0.25, 0.3) is 11.5 Å². The summed E-state index contributed by atoms with van der Waals surface area (Å²) >= 11 is 0. The zero-order valence-corrected chi connectivity index (χ0v) is 15.1. The molecular weight excluding hydrogens is 352 g/mol. The molecule has 1 aromatic heterocycles. The summed E-state index contributed by atoms with van der Waals surface area (Å²) < 4.78 is 11.0. The minimum atomic E-state index is -0.894. The second-order valence-corrected chi connectivity index (χ2v) is 6.23. The maximum absolute atomic E-state index is 11.8. The van der Waals surface area contributed by atoms with Gasteiger partial charge >= 0.3 is 6.09 Å². The molecular formula is C18H22N4O5. The van der Waals surface area contributed by atoms with Crippen molar-refractivity contribution in [2.24, 2.45) is 0 Å². The van der Waals surface area contributed by atoms with Crippen molar-refractivity contribution in [1.29, 1.82) is 0 Å². The summed E-state index contributed by atoms with van der Waals surface area (Å²) in [5, 5.41) is 15.6. The van der Waals surface area contributed by atoms with Crippen molar-refractivity contribution in [1.82, 2.24) is 20.4 Å². The third-order valence-electron chi connectivity index (χ3n) is 4.36. The van der Waals surface area contributed by atoms with Crippen molar-refractivity contribution in [2.75, 3.05) is 19.6 Å². The first kappa shape index (κ1) is 18.8. The van der Waals surface area contributed by atoms with Crippen LogP contribution in [-0.2, 0) is 11.3 Å². The summed E-state index contributed by atoms with van der Waals surface area (Å²) in [5.41, 5.74) is 1.29. The number of nitrogens with zero attached hydrogens (tertiary/aromatic N) is 3. The fourth-order valence-electron chi connectivity index (χ4n) is 2.86. The maximum atomic E-state index is 11.8. The van der Waals surface area contributed by atoms with Crippen molar-refractivity contribution in [2.45, 2.75) is 32.5 Å². The van der Waals surface area contributed by atoms with Crippen LogP contribution in [0.1, 0.15) is 35.9 Å². The van der Waals surface area contributed by atoms with Crippen LogP contribution >= 0.6 is 0 Å². The van der Waals surface area contributed by atoms with E-state index in [4.69, 9.17) is 14.4 Å². The summed E-state index contributed by atoms with van der Waals surface area (Å²) in [6.07, 6.45) is 0.393. The highest BCUT2D eigenvalue weighted by Gasteiger charge is 2.23. The van der Waals surface area contributed by atoms with Gasteiger partial charge in [-0.3, -0.25) is 4.79 Å². The fraction of sp³-hybridized carbons (Fsp3) is 0.444. The number of ether oxygens (including phenoxy) is 1. The Hall–Kier alpha value is -2.94. The first-order chi connectivity index (χ1) is 13.1. The molecule has 0 aliphatic carbocycles. The highest BCUT2D eigenvalue weighted by Crippen LogP contribution is 2.19. The Balaban J connectivity index is 1.53. The lowest BCUT2D eigenvalue weighted by atomic mass is 10.1. The number of likely N-dealkylation sites (tertiary alicyclic amines) is 1. The number of amides is 2. The molecule has 0 unspecified atom stereocenters. The molecule has 3 rings (SSSR count). The highest BCUT2D eigenvalue weighted by atomic mass is 16.5. The quantitative estimate of drug-likeness (QED) is 0.795. The van der Waals surface area contributed by atoms with E-state index >= 15 is 0 Å². The van der Waals surface area contributed by atoms with E-state index in [9.17, 15) is 9.59 Å². The second-order valence-electron chi connectivity index (χ2n) is 6.23. The number of nitrogens with one attached hydrogen (secondary N) is 1. The SMILES string of the molecule is CCNC(=O)c1ccc(-c2nc(COC3CCN(C(=O)O)CC3)no2)cc1. The van der Waals surface area contributed by atoms with Gasteiger partial charge in [0.15, 0.2) is 5.82 Å². The van der Waals surface area contributed by atoms with Crippen LogP contribution in [0.2, 0.25) is 0 Å². The van der Waals surface area contributed by atoms with E-state index in [-0.39, 0.29) is 18.6 Å². The van der Waals surface area contributed by atoms with E-state index in [1.807, 2.05) is 6.92 Å². The van der Waals surface area contributed by atoms with Gasteiger partial charge in [0.25, 0.3) is 11.8 Å². The molecule has 1 saturated heterocycles. The Morgan fingerprint density at radius 2 is 2.00 bits per heavy atom. The van der Waals surface area contributed by atoms with E-state index in [0.717, 1.165) is 5.56 Å². The molecule has 0 radical (unpaired) electrons. The predicted molar refractivity (Wildman–Crippen MR) is 95.2 cm³/mol. The number of carboxylic acid groups (broad SMARTS) is 1. The van der Waals surface area contributed by atoms with E-state index in [2.05, 4.69) is 15.5 Å². The molecule has 27 heavy (non-hydrogen) atoms. The van der Waals surface area contributed by atoms with Crippen LogP contribution in [0, 0.1) is 0 Å². The molecule has 0 saturated carbocycles. The van der Waals surface area contributed by atoms with Crippen LogP contribution < -0.4 is 5.32 Å². The van der Waals surface area contributed by atoms with E-state index in [1.54, 1.807) is 24.3 Å². The Morgan fingerprint density at radius 3 is 2.63 bits per heavy atom. The van der Waals surface area contributed by atoms with Gasteiger partial charge in [-0.15, -0.1) is 0 Å². The van der Waals surface area contributed by atoms with Gasteiger partial charge in [-0.1, -0.05) is 5.16 Å². The smallest absolute Gasteiger partial charge is 0.407 e. The van der Waals surface area contributed by atoms with Gasteiger partial charge in [0.05, 0.1) is 6.10 Å². The van der Waals surface area contributed by atoms with Crippen molar-refractivity contribution in [3.8, 4) is 11.5 Å². The monoisotopic (exact) mass is 374 g/mol. The Morgan fingerprint density at radius 1 is 1.30 bits per heavy atom. The topological polar surface area (TPSA) is 118 Å². The molecule has 9 nitrogen and oxygen atoms in total. The Kier molecular flexibility index (Phi) is 6.02. The number of hydrogen-bond donors (Lipinski definition) is 2. The van der Waals surface area contributed by atoms with E-state index < -0.39 is 6.09 Å². The first-order valence-electron chi connectivity index (χ1n) is 8.87. The van der Waals surface area contributed by atoms with Crippen LogP contribution in [0.15, 0.2) is 28.8 Å². The van der Waals surface area contributed by atoms with Crippen molar-refractivity contribution in [3.05, 3.63) is 35.7 Å². The minimum absolute atomic E-state index is 0.0149. The molecule has 1 fully saturated rings. The number of hydrogen-bond acceptors (Lipinski definition) is 6. The van der Waals surface area contributed by atoms with Crippen molar-refractivity contribution < 1.29 is 24.0 Å². The molecule has 2 amide bonds. The van der Waals surface area contributed by atoms with Crippen LogP contribution in [0.4, 0.5) is 4.79 Å². The summed E-state index contributed by atoms with van der Waals surface area (Å²) in [7, 11) is 0. The number of benzene rings is 1. The first-order valence-corrected chi connectivity index (χ1v) is 8.87. The molecule has 1 aliphatic rings. The zero-order valence-electron chi connectivity index (χ0n) is 15.1. The van der Waals surface area contributed by atoms with Gasteiger partial charge in [0.1, 0.15) is 6.61 Å². The Labute approximate surface area is 156 Å². The number of aromatic nitrogens is 2. The molecule has 0 atom stereocenters. The summed E-state index contributed by atoms with van der Waals surface area (Å²) in [6.45, 7) is 3.58. The standard InChI is InChI=1S/C18H22N4O5/c1-2-19-16(23)12-3-5-13(6-4-12)17-20-15(21-27-17)11-26-14-7-9-22(10-8-14)18(24)25/h3-6,14H,2,7-11H2,1H3,(H,19,23)(H,24,25). The summed E-state index contributed by atoms with van der Waals surface area (Å²) in [5.74, 6) is 0.660. The van der Waals surface area contributed by atoms with Crippen molar-refractivity contribution >= 4 is 12.0 Å². The van der Waals surface area contributed by atoms with Crippen LogP contribution in [-0.4, -0.2) is 57.9 Å². The van der Waals surface area contributed by atoms with Gasteiger partial charge in [0, 0.05) is 30.8 Å². The van der Waals surface area contributed by atoms with Gasteiger partial charge in [-0.05, 0) is 44.0 Å². The number of piperidine rings is 1. The van der Waals surface area contributed by atoms with Gasteiger partial charge in [-0.25, -0.2) is 4.79 Å². The third-order valence-corrected chi connectivity index (χ3v) is 4.36. The molecule has 0 bridgehead atoms. The lowest BCUT2D eigenvalue weighted by Crippen LogP contribution is -2.40. The van der Waals surface area contributed by atoms with Crippen molar-refractivity contribution in [3.63, 3.8) is 0 Å². The molecule has 1 aromatic carbocycles. The molecule has 144 valence electrons. The normalized spacial score (nSPS) is 14.9. The van der Waals surface area contributed by atoms with Gasteiger partial charge in [-0.2, -0.15) is 4.98 Å². The van der Waals surface area contributed by atoms with E-state index in [1.165, 1.54) is 4.90 Å². The van der Waals surface area contributed by atoms with Gasteiger partial charge in [0.2, 0.25) is 0 Å². The number of carbonyl (C=O) groups excluding carboxylic acids is 1. The number of rotatable bonds is 6. The molecule has 2 N–H and O–H groups in total. The minimum Gasteiger partial charge on any atom is -0.465 e. The number of carbonyl (C=O) groups is 2.